The molecule has 12 unspecified atom stereocenters. The molecule has 16 nitrogen and oxygen atoms in total. The molecule has 17 heteroatoms. The quantitative estimate of drug-likeness (QED) is 0.0703. The molecule has 386 valence electrons. The van der Waals surface area contributed by atoms with Crippen molar-refractivity contribution in [3.8, 4) is 0 Å². The highest BCUT2D eigenvalue weighted by Gasteiger charge is 2.79. The molecule has 3 N–H and O–H groups in total. The van der Waals surface area contributed by atoms with Crippen molar-refractivity contribution in [1.29, 1.82) is 0 Å². The van der Waals surface area contributed by atoms with Crippen molar-refractivity contribution < 1.29 is 71.4 Å². The molecule has 7 rings (SSSR count). The number of furan rings is 1. The number of aliphatic hydroxyl groups excluding tert-OH is 1. The Hall–Kier alpha value is -4.36. The minimum absolute atomic E-state index is 0.0217. The van der Waals surface area contributed by atoms with E-state index in [-0.39, 0.29) is 47.4 Å². The van der Waals surface area contributed by atoms with E-state index in [0.717, 1.165) is 0 Å². The van der Waals surface area contributed by atoms with Crippen molar-refractivity contribution in [2.24, 2.45) is 16.7 Å². The van der Waals surface area contributed by atoms with Crippen LogP contribution in [-0.4, -0.2) is 115 Å². The number of esters is 3. The summed E-state index contributed by atoms with van der Waals surface area (Å²) in [7, 11) is -3.02. The number of fused-ring (bicyclic) bond motifs is 8. The smallest absolute Gasteiger partial charge is 0.408 e. The molecule has 0 radical (unpaired) electrons. The highest BCUT2D eigenvalue weighted by molar-refractivity contribution is 6.77. The monoisotopic (exact) mass is 993 g/mol. The molecule has 1 amide bonds. The number of rotatable bonds is 14. The molecule has 2 saturated heterocycles. The Kier molecular flexibility index (Phi) is 14.7. The number of hydrogen-bond acceptors (Lipinski definition) is 15. The summed E-state index contributed by atoms with van der Waals surface area (Å²) in [5, 5.41) is 29.6. The molecule has 3 heterocycles. The van der Waals surface area contributed by atoms with Crippen molar-refractivity contribution in [2.75, 3.05) is 6.61 Å². The Labute approximate surface area is 413 Å². The van der Waals surface area contributed by atoms with Crippen LogP contribution in [0.1, 0.15) is 132 Å². The number of alkyl carbamates (subject to hydrolysis) is 1. The van der Waals surface area contributed by atoms with E-state index in [0.29, 0.717) is 11.1 Å². The average molecular weight is 994 g/mol. The number of amides is 1. The van der Waals surface area contributed by atoms with Crippen molar-refractivity contribution >= 4 is 32.3 Å². The van der Waals surface area contributed by atoms with Crippen LogP contribution in [0.3, 0.4) is 0 Å². The molecule has 70 heavy (non-hydrogen) atoms. The second-order valence-corrected chi connectivity index (χ2v) is 28.0. The SMILES string of the molecule is C=CC1OC2C3=C(C)C(OC(=O)C(O[Si](C(C)C)(C(C)C)C(C)C)C(NC(=O)OC(C)(C)C)c4ccco4)CC(O)(C(OC(=O)c4ccccc4)C4C5(OC(C)=O)COC5CC(O)[C@@]4(C)C2O1)C3(C)C. The van der Waals surface area contributed by atoms with Gasteiger partial charge in [0, 0.05) is 30.6 Å². The topological polar surface area (TPSA) is 208 Å². The van der Waals surface area contributed by atoms with Gasteiger partial charge in [-0.1, -0.05) is 87.1 Å². The van der Waals surface area contributed by atoms with Gasteiger partial charge < -0.3 is 57.5 Å². The van der Waals surface area contributed by atoms with Crippen LogP contribution in [0.4, 0.5) is 4.79 Å². The molecule has 2 aliphatic heterocycles. The second kappa shape index (κ2) is 19.2. The van der Waals surface area contributed by atoms with Crippen molar-refractivity contribution in [3.63, 3.8) is 0 Å². The second-order valence-electron chi connectivity index (χ2n) is 22.6. The van der Waals surface area contributed by atoms with Crippen LogP contribution in [0, 0.1) is 16.7 Å². The summed E-state index contributed by atoms with van der Waals surface area (Å²) in [6.07, 6.45) is -7.79. The molecule has 3 aliphatic carbocycles. The molecule has 1 aromatic heterocycles. The largest absolute Gasteiger partial charge is 0.467 e. The van der Waals surface area contributed by atoms with Gasteiger partial charge >= 0.3 is 24.0 Å². The third-order valence-corrected chi connectivity index (χ3v) is 22.3. The molecule has 2 aromatic rings. The third-order valence-electron chi connectivity index (χ3n) is 16.2. The predicted molar refractivity (Wildman–Crippen MR) is 259 cm³/mol. The number of hydrogen-bond donors (Lipinski definition) is 3. The number of carbonyl (C=O) groups is 4. The molecular weight excluding hydrogens is 919 g/mol. The Morgan fingerprint density at radius 1 is 0.943 bits per heavy atom. The third kappa shape index (κ3) is 8.88. The maximum Gasteiger partial charge on any atom is 0.408 e. The fourth-order valence-corrected chi connectivity index (χ4v) is 18.5. The van der Waals surface area contributed by atoms with E-state index in [4.69, 9.17) is 42.0 Å². The fraction of sp³-hybridized carbons (Fsp3) is 0.660. The summed E-state index contributed by atoms with van der Waals surface area (Å²) in [5.41, 5.74) is -6.38. The lowest BCUT2D eigenvalue weighted by Crippen LogP contribution is -2.82. The highest BCUT2D eigenvalue weighted by atomic mass is 28.4. The van der Waals surface area contributed by atoms with E-state index in [1.165, 1.54) is 19.3 Å². The van der Waals surface area contributed by atoms with Gasteiger partial charge in [-0.2, -0.15) is 0 Å². The zero-order valence-corrected chi connectivity index (χ0v) is 44.2. The average Bonchev–Trinajstić information content (AvgIpc) is 3.96. The predicted octanol–water partition coefficient (Wildman–Crippen LogP) is 8.42. The minimum Gasteiger partial charge on any atom is -0.467 e. The van der Waals surface area contributed by atoms with Gasteiger partial charge in [-0.3, -0.25) is 4.79 Å². The Bertz CT molecular complexity index is 2280. The Morgan fingerprint density at radius 3 is 2.11 bits per heavy atom. The zero-order valence-electron chi connectivity index (χ0n) is 43.2. The number of ether oxygens (including phenoxy) is 7. The van der Waals surface area contributed by atoms with Gasteiger partial charge in [0.1, 0.15) is 47.4 Å². The Morgan fingerprint density at radius 2 is 1.59 bits per heavy atom. The molecule has 13 atom stereocenters. The first-order valence-corrected chi connectivity index (χ1v) is 26.8. The summed E-state index contributed by atoms with van der Waals surface area (Å²) < 4.78 is 58.4. The summed E-state index contributed by atoms with van der Waals surface area (Å²) >= 11 is 0. The highest BCUT2D eigenvalue weighted by Crippen LogP contribution is 2.67. The van der Waals surface area contributed by atoms with Crippen molar-refractivity contribution in [3.05, 3.63) is 83.9 Å². The lowest BCUT2D eigenvalue weighted by Gasteiger charge is -2.68. The van der Waals surface area contributed by atoms with E-state index >= 15 is 4.79 Å². The number of benzene rings is 1. The van der Waals surface area contributed by atoms with Crippen LogP contribution in [0.2, 0.25) is 16.6 Å². The first kappa shape index (κ1) is 53.4. The number of carbonyl (C=O) groups excluding carboxylic acids is 4. The van der Waals surface area contributed by atoms with Gasteiger partial charge in [0.2, 0.25) is 8.32 Å². The van der Waals surface area contributed by atoms with Gasteiger partial charge in [-0.05, 0) is 85.8 Å². The first-order chi connectivity index (χ1) is 32.6. The molecular formula is C53H75NO15Si. The summed E-state index contributed by atoms with van der Waals surface area (Å²) in [4.78, 5) is 57.4. The van der Waals surface area contributed by atoms with Gasteiger partial charge in [-0.25, -0.2) is 14.4 Å². The van der Waals surface area contributed by atoms with Crippen LogP contribution in [0.5, 0.6) is 0 Å². The number of aliphatic hydroxyl groups is 2. The lowest BCUT2D eigenvalue weighted by atomic mass is 9.44. The zero-order chi connectivity index (χ0) is 51.7. The fourth-order valence-electron chi connectivity index (χ4n) is 13.0. The summed E-state index contributed by atoms with van der Waals surface area (Å²) in [6, 6.07) is 10.3. The molecule has 0 spiro atoms. The van der Waals surface area contributed by atoms with Gasteiger partial charge in [0.15, 0.2) is 18.0 Å². The van der Waals surface area contributed by atoms with Crippen molar-refractivity contribution in [2.45, 2.75) is 198 Å². The van der Waals surface area contributed by atoms with E-state index in [9.17, 15) is 24.6 Å². The van der Waals surface area contributed by atoms with Gasteiger partial charge in [-0.15, -0.1) is 0 Å². The van der Waals surface area contributed by atoms with E-state index in [2.05, 4.69) is 53.4 Å². The van der Waals surface area contributed by atoms with E-state index in [1.54, 1.807) is 77.1 Å². The van der Waals surface area contributed by atoms with Crippen LogP contribution in [0.15, 0.2) is 76.9 Å². The normalized spacial score (nSPS) is 33.4. The first-order valence-electron chi connectivity index (χ1n) is 24.6. The van der Waals surface area contributed by atoms with Crippen LogP contribution in [0.25, 0.3) is 0 Å². The van der Waals surface area contributed by atoms with Gasteiger partial charge in [0.25, 0.3) is 0 Å². The van der Waals surface area contributed by atoms with Crippen LogP contribution in [-0.2, 0) is 47.2 Å². The minimum atomic E-state index is -3.02. The lowest BCUT2D eigenvalue weighted by molar-refractivity contribution is -0.361. The van der Waals surface area contributed by atoms with Gasteiger partial charge in [0.05, 0.1) is 36.6 Å². The summed E-state index contributed by atoms with van der Waals surface area (Å²) in [5.74, 6) is -3.32. The maximum atomic E-state index is 15.7. The molecule has 4 fully saturated rings. The molecule has 5 aliphatic rings. The summed E-state index contributed by atoms with van der Waals surface area (Å²) in [6.45, 7) is 29.9. The van der Waals surface area contributed by atoms with Crippen LogP contribution < -0.4 is 5.32 Å². The Balaban J connectivity index is 1.45. The van der Waals surface area contributed by atoms with Crippen LogP contribution >= 0.6 is 0 Å². The van der Waals surface area contributed by atoms with Crippen molar-refractivity contribution in [1.82, 2.24) is 5.32 Å². The number of nitrogens with one attached hydrogen (secondary N) is 1. The standard InChI is InChI=1S/C53H75NO15Si/c1-16-38-64-41-39-31(8)35(63-47(58)42(69-70(28(2)3,29(4)5)30(6)7)40(34-23-20-24-61-34)54-48(59)68-49(10,11)12)26-53(60,50(39,13)14)45(66-46(57)33-21-18-17-19-22-33)43-51(15,44(41)65-38)36(56)25-37-52(43,27-62-37)67-32(9)55/h16-24,28-30,35-38,40-45,56,60H,1,25-27H2,2-15H3,(H,54,59)/t35?,36?,37?,38?,40?,41?,42?,43?,44?,45?,51-,52?,53?/m1/s1. The molecule has 2 bridgehead atoms. The maximum absolute atomic E-state index is 15.7. The van der Waals surface area contributed by atoms with E-state index in [1.807, 2.05) is 13.8 Å². The van der Waals surface area contributed by atoms with E-state index < -0.39 is 121 Å². The molecule has 2 saturated carbocycles. The molecule has 1 aromatic carbocycles.